The first kappa shape index (κ1) is 14.9. The Labute approximate surface area is 125 Å². The van der Waals surface area contributed by atoms with Crippen LogP contribution >= 0.6 is 23.4 Å². The minimum absolute atomic E-state index is 0.0281. The quantitative estimate of drug-likeness (QED) is 0.800. The van der Waals surface area contributed by atoms with Gasteiger partial charge in [0, 0.05) is 11.3 Å². The van der Waals surface area contributed by atoms with Gasteiger partial charge in [0.2, 0.25) is 11.2 Å². The number of rotatable bonds is 6. The first-order valence-electron chi connectivity index (χ1n) is 5.80. The molecule has 8 nitrogen and oxygen atoms in total. The van der Waals surface area contributed by atoms with Crippen molar-refractivity contribution in [3.63, 3.8) is 0 Å². The molecule has 0 aliphatic heterocycles. The molecule has 0 amide bonds. The lowest BCUT2D eigenvalue weighted by molar-refractivity contribution is 0.288. The zero-order valence-electron chi connectivity index (χ0n) is 10.9. The summed E-state index contributed by atoms with van der Waals surface area (Å²) in [6, 6.07) is -0.0305. The average molecular weight is 316 g/mol. The van der Waals surface area contributed by atoms with Gasteiger partial charge in [-0.05, 0) is 24.8 Å². The van der Waals surface area contributed by atoms with Crippen molar-refractivity contribution < 1.29 is 5.11 Å². The normalized spacial score (nSPS) is 14.0. The molecule has 2 atom stereocenters. The fraction of sp³-hybridized carbons (Fsp3) is 0.500. The van der Waals surface area contributed by atoms with E-state index in [-0.39, 0.29) is 29.1 Å². The molecule has 2 rings (SSSR count). The van der Waals surface area contributed by atoms with Crippen LogP contribution in [-0.2, 0) is 0 Å². The summed E-state index contributed by atoms with van der Waals surface area (Å²) in [4.78, 5) is 16.0. The van der Waals surface area contributed by atoms with Crippen LogP contribution in [0.4, 0.5) is 5.95 Å². The van der Waals surface area contributed by atoms with Gasteiger partial charge in [0.25, 0.3) is 5.95 Å². The Kier molecular flexibility index (Phi) is 5.10. The van der Waals surface area contributed by atoms with E-state index < -0.39 is 0 Å². The molecule has 2 unspecified atom stereocenters. The van der Waals surface area contributed by atoms with Crippen LogP contribution in [0.15, 0.2) is 12.7 Å². The summed E-state index contributed by atoms with van der Waals surface area (Å²) in [5.41, 5.74) is 0. The molecule has 0 aromatic carbocycles. The zero-order chi connectivity index (χ0) is 14.5. The van der Waals surface area contributed by atoms with Gasteiger partial charge in [-0.1, -0.05) is 0 Å². The van der Waals surface area contributed by atoms with Crippen molar-refractivity contribution in [2.24, 2.45) is 0 Å². The van der Waals surface area contributed by atoms with Crippen molar-refractivity contribution in [2.45, 2.75) is 18.2 Å². The van der Waals surface area contributed by atoms with E-state index in [4.69, 9.17) is 11.6 Å². The molecule has 0 saturated heterocycles. The molecule has 2 heterocycles. The topological polar surface area (TPSA) is 102 Å². The Morgan fingerprint density at radius 2 is 2.25 bits per heavy atom. The Hall–Kier alpha value is -1.45. The van der Waals surface area contributed by atoms with Gasteiger partial charge in [-0.2, -0.15) is 36.5 Å². The third kappa shape index (κ3) is 3.56. The number of halogens is 1. The molecule has 0 radical (unpaired) electrons. The largest absolute Gasteiger partial charge is 0.395 e. The van der Waals surface area contributed by atoms with E-state index >= 15 is 0 Å². The molecule has 2 aromatic heterocycles. The fourth-order valence-corrected chi connectivity index (χ4v) is 2.33. The molecule has 10 heteroatoms. The molecule has 2 N–H and O–H groups in total. The molecule has 0 aliphatic carbocycles. The van der Waals surface area contributed by atoms with E-state index in [1.54, 1.807) is 11.8 Å². The highest BCUT2D eigenvalue weighted by atomic mass is 35.5. The van der Waals surface area contributed by atoms with Crippen LogP contribution in [-0.4, -0.2) is 59.0 Å². The maximum Gasteiger partial charge on any atom is 0.258 e. The SMILES string of the molecule is CSC(CO)C(C)Nc1nc(Cl)nc(-n2cncn2)n1. The number of thioether (sulfide) groups is 1. The highest BCUT2D eigenvalue weighted by Gasteiger charge is 2.17. The monoisotopic (exact) mass is 315 g/mol. The molecular weight excluding hydrogens is 302 g/mol. The Morgan fingerprint density at radius 1 is 1.45 bits per heavy atom. The first-order valence-corrected chi connectivity index (χ1v) is 7.47. The van der Waals surface area contributed by atoms with Crippen LogP contribution in [0.1, 0.15) is 6.92 Å². The smallest absolute Gasteiger partial charge is 0.258 e. The van der Waals surface area contributed by atoms with Gasteiger partial charge in [-0.3, -0.25) is 0 Å². The average Bonchev–Trinajstić information content (AvgIpc) is 2.93. The van der Waals surface area contributed by atoms with Crippen LogP contribution in [0.3, 0.4) is 0 Å². The van der Waals surface area contributed by atoms with Gasteiger partial charge in [0.1, 0.15) is 12.7 Å². The van der Waals surface area contributed by atoms with E-state index in [9.17, 15) is 5.11 Å². The molecule has 2 aromatic rings. The van der Waals surface area contributed by atoms with E-state index in [0.29, 0.717) is 5.95 Å². The molecule has 0 fully saturated rings. The van der Waals surface area contributed by atoms with Crippen molar-refractivity contribution in [1.82, 2.24) is 29.7 Å². The summed E-state index contributed by atoms with van der Waals surface area (Å²) in [6.07, 6.45) is 4.78. The second-order valence-electron chi connectivity index (χ2n) is 3.96. The van der Waals surface area contributed by atoms with E-state index in [1.165, 1.54) is 17.3 Å². The standard InChI is InChI=1S/C10H14ClN7OS/c1-6(7(3-19)20-2)14-9-15-8(11)16-10(17-9)18-5-12-4-13-18/h4-7,19H,3H2,1-2H3,(H,14,15,16,17). The minimum atomic E-state index is -0.0305. The maximum absolute atomic E-state index is 9.27. The van der Waals surface area contributed by atoms with Crippen LogP contribution in [0.5, 0.6) is 0 Å². The first-order chi connectivity index (χ1) is 9.63. The number of hydrogen-bond donors (Lipinski definition) is 2. The van der Waals surface area contributed by atoms with Crippen LogP contribution in [0.25, 0.3) is 5.95 Å². The summed E-state index contributed by atoms with van der Waals surface area (Å²) in [7, 11) is 0. The summed E-state index contributed by atoms with van der Waals surface area (Å²) in [5.74, 6) is 0.609. The molecule has 0 spiro atoms. The molecule has 0 saturated carbocycles. The number of anilines is 1. The molecular formula is C10H14ClN7OS. The molecule has 108 valence electrons. The third-order valence-electron chi connectivity index (χ3n) is 2.62. The molecule has 20 heavy (non-hydrogen) atoms. The van der Waals surface area contributed by atoms with Crippen molar-refractivity contribution in [1.29, 1.82) is 0 Å². The third-order valence-corrected chi connectivity index (χ3v) is 3.95. The molecule has 0 bridgehead atoms. The predicted octanol–water partition coefficient (Wildman–Crippen LogP) is 0.630. The van der Waals surface area contributed by atoms with E-state index in [0.717, 1.165) is 0 Å². The lowest BCUT2D eigenvalue weighted by Gasteiger charge is -2.21. The number of nitrogens with one attached hydrogen (secondary N) is 1. The second-order valence-corrected chi connectivity index (χ2v) is 5.37. The van der Waals surface area contributed by atoms with Gasteiger partial charge in [0.05, 0.1) is 6.61 Å². The number of aromatic nitrogens is 6. The van der Waals surface area contributed by atoms with Crippen molar-refractivity contribution >= 4 is 29.3 Å². The number of aliphatic hydroxyl groups excluding tert-OH is 1. The van der Waals surface area contributed by atoms with Crippen molar-refractivity contribution in [2.75, 3.05) is 18.2 Å². The zero-order valence-corrected chi connectivity index (χ0v) is 12.5. The summed E-state index contributed by atoms with van der Waals surface area (Å²) in [5, 5.41) is 16.4. The van der Waals surface area contributed by atoms with E-state index in [1.807, 2.05) is 13.2 Å². The molecule has 0 aliphatic rings. The number of nitrogens with zero attached hydrogens (tertiary/aromatic N) is 6. The van der Waals surface area contributed by atoms with Gasteiger partial charge in [-0.25, -0.2) is 4.98 Å². The summed E-state index contributed by atoms with van der Waals surface area (Å²) < 4.78 is 1.39. The number of aliphatic hydroxyl groups is 1. The Bertz CT molecular complexity index is 549. The van der Waals surface area contributed by atoms with Gasteiger partial charge < -0.3 is 10.4 Å². The number of hydrogen-bond acceptors (Lipinski definition) is 8. The second kappa shape index (κ2) is 6.82. The van der Waals surface area contributed by atoms with Crippen LogP contribution in [0, 0.1) is 0 Å². The highest BCUT2D eigenvalue weighted by Crippen LogP contribution is 2.15. The lowest BCUT2D eigenvalue weighted by atomic mass is 10.2. The van der Waals surface area contributed by atoms with E-state index in [2.05, 4.69) is 30.4 Å². The summed E-state index contributed by atoms with van der Waals surface area (Å²) in [6.45, 7) is 1.99. The highest BCUT2D eigenvalue weighted by molar-refractivity contribution is 7.99. The fourth-order valence-electron chi connectivity index (χ4n) is 1.55. The summed E-state index contributed by atoms with van der Waals surface area (Å²) >= 11 is 7.44. The lowest BCUT2D eigenvalue weighted by Crippen LogP contribution is -2.32. The predicted molar refractivity (Wildman–Crippen MR) is 77.2 cm³/mol. The van der Waals surface area contributed by atoms with Crippen molar-refractivity contribution in [3.8, 4) is 5.95 Å². The minimum Gasteiger partial charge on any atom is -0.395 e. The Balaban J connectivity index is 2.20. The Morgan fingerprint density at radius 3 is 2.85 bits per heavy atom. The van der Waals surface area contributed by atoms with Gasteiger partial charge >= 0.3 is 0 Å². The maximum atomic E-state index is 9.27. The van der Waals surface area contributed by atoms with Crippen molar-refractivity contribution in [3.05, 3.63) is 17.9 Å². The van der Waals surface area contributed by atoms with Crippen LogP contribution in [0.2, 0.25) is 5.28 Å². The van der Waals surface area contributed by atoms with Gasteiger partial charge in [0.15, 0.2) is 0 Å². The van der Waals surface area contributed by atoms with Crippen LogP contribution < -0.4 is 5.32 Å². The van der Waals surface area contributed by atoms with Gasteiger partial charge in [-0.15, -0.1) is 0 Å².